The normalized spacial score (nSPS) is 12.8. The second kappa shape index (κ2) is 14.6. The van der Waals surface area contributed by atoms with Crippen LogP contribution in [0.5, 0.6) is 5.88 Å². The molecule has 2 aliphatic heterocycles. The number of nitrogens with zero attached hydrogens (tertiary/aromatic N) is 3. The first-order valence-corrected chi connectivity index (χ1v) is 14.1. The molecule has 4 N–H and O–H groups in total. The van der Waals surface area contributed by atoms with Crippen molar-refractivity contribution in [1.82, 2.24) is 19.9 Å². The van der Waals surface area contributed by atoms with Crippen LogP contribution in [-0.2, 0) is 30.4 Å². The number of nitrogens with one attached hydrogen (secondary N) is 2. The Morgan fingerprint density at radius 1 is 1.05 bits per heavy atom. The summed E-state index contributed by atoms with van der Waals surface area (Å²) in [6.45, 7) is 8.87. The van der Waals surface area contributed by atoms with Crippen molar-refractivity contribution in [1.29, 1.82) is 0 Å². The van der Waals surface area contributed by atoms with Crippen molar-refractivity contribution in [2.24, 2.45) is 5.41 Å². The second-order valence-electron chi connectivity index (χ2n) is 10.9. The molecule has 0 aliphatic carbocycles. The number of fused-ring (bicyclic) bond motifs is 1. The molecule has 0 saturated carbocycles. The molecule has 2 atom stereocenters. The number of aliphatic hydroxyl groups is 1. The highest BCUT2D eigenvalue weighted by molar-refractivity contribution is 5.97. The number of anilines is 1. The van der Waals surface area contributed by atoms with E-state index in [4.69, 9.17) is 9.47 Å². The van der Waals surface area contributed by atoms with E-state index in [9.17, 15) is 29.4 Å². The lowest BCUT2D eigenvalue weighted by atomic mass is 9.96. The van der Waals surface area contributed by atoms with Gasteiger partial charge in [-0.1, -0.05) is 32.9 Å². The monoisotopic (exact) mass is 597 g/mol. The smallest absolute Gasteiger partial charge is 0.328 e. The molecular weight excluding hydrogens is 558 g/mol. The molecule has 13 nitrogen and oxygen atoms in total. The number of ether oxygens (including phenoxy) is 2. The summed E-state index contributed by atoms with van der Waals surface area (Å²) in [5, 5.41) is 26.4. The molecule has 0 bridgehead atoms. The largest absolute Gasteiger partial charge is 0.494 e. The summed E-state index contributed by atoms with van der Waals surface area (Å²) in [7, 11) is 0. The molecule has 0 aromatic heterocycles. The Morgan fingerprint density at radius 3 is 2.33 bits per heavy atom. The van der Waals surface area contributed by atoms with Gasteiger partial charge in [0.05, 0.1) is 31.7 Å². The predicted octanol–water partition coefficient (Wildman–Crippen LogP) is 2.85. The number of carbonyl (C=O) groups is 4. The highest BCUT2D eigenvalue weighted by Crippen LogP contribution is 2.33. The molecule has 0 spiro atoms. The average molecular weight is 598 g/mol. The standard InChI is InChI=1S/C30H39N5O8/c1-6-42-24(37)13-12-22(28(40)43-7-2)32-26(38)19-10-8-18(9-11-19)20(16-36)15-35-17-31-25-21(27(35)39)14-23(33-25)34-29(41)30(3,4)5/h8-11,14,17,20,22,36,39H,6-7,12-13,15-16H2,1-5H3,(H,32,38)(H,34,41)/t20?,22-/m0/s1. The van der Waals surface area contributed by atoms with Gasteiger partial charge in [0.15, 0.2) is 5.82 Å². The Hall–Kier alpha value is -4.52. The van der Waals surface area contributed by atoms with Gasteiger partial charge in [-0.15, -0.1) is 0 Å². The zero-order valence-corrected chi connectivity index (χ0v) is 25.0. The fourth-order valence-corrected chi connectivity index (χ4v) is 4.15. The topological polar surface area (TPSA) is 182 Å². The summed E-state index contributed by atoms with van der Waals surface area (Å²) in [5.74, 6) is -1.95. The van der Waals surface area contributed by atoms with E-state index in [0.717, 1.165) is 0 Å². The summed E-state index contributed by atoms with van der Waals surface area (Å²) in [5.41, 5.74) is 0.665. The zero-order chi connectivity index (χ0) is 31.7. The lowest BCUT2D eigenvalue weighted by Gasteiger charge is -2.19. The van der Waals surface area contributed by atoms with E-state index >= 15 is 0 Å². The maximum absolute atomic E-state index is 12.9. The fourth-order valence-electron chi connectivity index (χ4n) is 4.15. The van der Waals surface area contributed by atoms with Gasteiger partial charge in [0.2, 0.25) is 11.8 Å². The van der Waals surface area contributed by atoms with E-state index in [0.29, 0.717) is 11.1 Å². The minimum absolute atomic E-state index is 0.0243. The second-order valence-corrected chi connectivity index (χ2v) is 10.9. The SMILES string of the molecule is CCOC(=O)CC[C@H](NC(=O)c1ccc(C(CO)Cn2cnc3nc(NC(=O)C(C)(C)C)cc-3c2O)cc1)C(=O)OCC. The number of aromatic nitrogens is 3. The Bertz CT molecular complexity index is 1400. The minimum atomic E-state index is -1.03. The van der Waals surface area contributed by atoms with Crippen LogP contribution < -0.4 is 10.6 Å². The van der Waals surface area contributed by atoms with Gasteiger partial charge in [-0.2, -0.15) is 0 Å². The van der Waals surface area contributed by atoms with Gasteiger partial charge >= 0.3 is 11.9 Å². The van der Waals surface area contributed by atoms with E-state index in [1.54, 1.807) is 58.9 Å². The van der Waals surface area contributed by atoms with Crippen LogP contribution >= 0.6 is 0 Å². The first-order valence-electron chi connectivity index (χ1n) is 14.1. The molecule has 2 heterocycles. The van der Waals surface area contributed by atoms with Crippen LogP contribution in [0.2, 0.25) is 0 Å². The zero-order valence-electron chi connectivity index (χ0n) is 25.0. The number of hydrogen-bond donors (Lipinski definition) is 4. The van der Waals surface area contributed by atoms with Crippen molar-refractivity contribution in [3.05, 3.63) is 47.8 Å². The molecular formula is C30H39N5O8. The number of amides is 2. The molecule has 1 aromatic rings. The van der Waals surface area contributed by atoms with Gasteiger partial charge in [-0.3, -0.25) is 14.4 Å². The van der Waals surface area contributed by atoms with Gasteiger partial charge in [0, 0.05) is 29.9 Å². The summed E-state index contributed by atoms with van der Waals surface area (Å²) >= 11 is 0. The third-order valence-electron chi connectivity index (χ3n) is 6.60. The van der Waals surface area contributed by atoms with Crippen molar-refractivity contribution < 1.29 is 38.9 Å². The molecule has 1 unspecified atom stereocenters. The van der Waals surface area contributed by atoms with Crippen molar-refractivity contribution in [2.45, 2.75) is 66.0 Å². The molecule has 0 fully saturated rings. The molecule has 1 aromatic carbocycles. The van der Waals surface area contributed by atoms with Crippen molar-refractivity contribution >= 4 is 29.6 Å². The van der Waals surface area contributed by atoms with Gasteiger partial charge < -0.3 is 34.9 Å². The van der Waals surface area contributed by atoms with Crippen LogP contribution in [0, 0.1) is 5.41 Å². The van der Waals surface area contributed by atoms with Crippen LogP contribution in [0.3, 0.4) is 0 Å². The van der Waals surface area contributed by atoms with Crippen LogP contribution in [0.4, 0.5) is 5.82 Å². The predicted molar refractivity (Wildman–Crippen MR) is 156 cm³/mol. The van der Waals surface area contributed by atoms with Crippen LogP contribution in [0.1, 0.15) is 69.3 Å². The molecule has 2 amide bonds. The van der Waals surface area contributed by atoms with Gasteiger partial charge in [-0.05, 0) is 44.0 Å². The first kappa shape index (κ1) is 33.0. The summed E-state index contributed by atoms with van der Waals surface area (Å²) < 4.78 is 11.4. The van der Waals surface area contributed by atoms with Crippen LogP contribution in [-0.4, -0.2) is 74.4 Å². The van der Waals surface area contributed by atoms with Crippen molar-refractivity contribution in [3.8, 4) is 17.3 Å². The first-order chi connectivity index (χ1) is 20.4. The number of hydrogen-bond acceptors (Lipinski definition) is 10. The highest BCUT2D eigenvalue weighted by atomic mass is 16.5. The van der Waals surface area contributed by atoms with Crippen LogP contribution in [0.25, 0.3) is 11.4 Å². The van der Waals surface area contributed by atoms with Gasteiger partial charge in [0.25, 0.3) is 5.91 Å². The van der Waals surface area contributed by atoms with E-state index in [2.05, 4.69) is 20.6 Å². The lowest BCUT2D eigenvalue weighted by molar-refractivity contribution is -0.146. The molecule has 43 heavy (non-hydrogen) atoms. The lowest BCUT2D eigenvalue weighted by Crippen LogP contribution is -2.42. The number of carbonyl (C=O) groups excluding carboxylic acids is 4. The number of rotatable bonds is 13. The van der Waals surface area contributed by atoms with E-state index < -0.39 is 35.2 Å². The maximum Gasteiger partial charge on any atom is 0.328 e. The number of esters is 2. The van der Waals surface area contributed by atoms with E-state index in [-0.39, 0.29) is 68.2 Å². The Balaban J connectivity index is 1.72. The van der Waals surface area contributed by atoms with Crippen LogP contribution in [0.15, 0.2) is 36.7 Å². The average Bonchev–Trinajstić information content (AvgIpc) is 3.38. The van der Waals surface area contributed by atoms with Gasteiger partial charge in [0.1, 0.15) is 11.9 Å². The van der Waals surface area contributed by atoms with Crippen molar-refractivity contribution in [2.75, 3.05) is 25.1 Å². The van der Waals surface area contributed by atoms with Gasteiger partial charge in [-0.25, -0.2) is 14.8 Å². The highest BCUT2D eigenvalue weighted by Gasteiger charge is 2.26. The Morgan fingerprint density at radius 2 is 1.72 bits per heavy atom. The van der Waals surface area contributed by atoms with E-state index in [1.807, 2.05) is 0 Å². The van der Waals surface area contributed by atoms with E-state index in [1.165, 1.54) is 17.0 Å². The Labute approximate surface area is 250 Å². The summed E-state index contributed by atoms with van der Waals surface area (Å²) in [6.07, 6.45) is 1.36. The molecule has 0 saturated heterocycles. The fraction of sp³-hybridized carbons (Fsp3) is 0.467. The number of aromatic hydroxyl groups is 1. The number of benzene rings is 1. The minimum Gasteiger partial charge on any atom is -0.494 e. The molecule has 3 rings (SSSR count). The summed E-state index contributed by atoms with van der Waals surface area (Å²) in [6, 6.07) is 6.95. The summed E-state index contributed by atoms with van der Waals surface area (Å²) in [4.78, 5) is 57.9. The quantitative estimate of drug-likeness (QED) is 0.214. The third-order valence-corrected chi connectivity index (χ3v) is 6.60. The maximum atomic E-state index is 12.9. The van der Waals surface area contributed by atoms with Crippen molar-refractivity contribution in [3.63, 3.8) is 0 Å². The molecule has 13 heteroatoms. The molecule has 0 radical (unpaired) electrons. The molecule has 2 aliphatic rings. The Kier molecular flexibility index (Phi) is 11.2. The number of aliphatic hydroxyl groups excluding tert-OH is 1. The third kappa shape index (κ3) is 8.74. The molecule has 232 valence electrons.